The molecule has 23 heavy (non-hydrogen) atoms. The van der Waals surface area contributed by atoms with E-state index in [2.05, 4.69) is 0 Å². The van der Waals surface area contributed by atoms with Crippen LogP contribution in [0.1, 0.15) is 12.0 Å². The van der Waals surface area contributed by atoms with Crippen molar-refractivity contribution in [2.75, 3.05) is 20.1 Å². The average Bonchev–Trinajstić information content (AvgIpc) is 2.50. The van der Waals surface area contributed by atoms with Crippen molar-refractivity contribution < 1.29 is 18.9 Å². The van der Waals surface area contributed by atoms with Crippen molar-refractivity contribution in [1.29, 1.82) is 0 Å². The normalized spacial score (nSPS) is 18.3. The van der Waals surface area contributed by atoms with Crippen molar-refractivity contribution in [1.82, 2.24) is 4.90 Å². The van der Waals surface area contributed by atoms with E-state index in [1.807, 2.05) is 30.3 Å². The van der Waals surface area contributed by atoms with Crippen molar-refractivity contribution in [2.24, 2.45) is 0 Å². The first-order chi connectivity index (χ1) is 11.0. The van der Waals surface area contributed by atoms with Crippen LogP contribution in [-0.4, -0.2) is 49.5 Å². The number of alkyl halides is 1. The highest BCUT2D eigenvalue weighted by Crippen LogP contribution is 2.11. The van der Waals surface area contributed by atoms with E-state index in [9.17, 15) is 9.59 Å². The summed E-state index contributed by atoms with van der Waals surface area (Å²) in [7, 11) is 0.638. The van der Waals surface area contributed by atoms with E-state index in [0.717, 1.165) is 12.8 Å². The van der Waals surface area contributed by atoms with Crippen molar-refractivity contribution in [3.63, 3.8) is 0 Å². The Morgan fingerprint density at radius 3 is 2.43 bits per heavy atom. The lowest BCUT2D eigenvalue weighted by molar-refractivity contribution is -0.145. The van der Waals surface area contributed by atoms with E-state index in [-0.39, 0.29) is 18.5 Å². The molecule has 0 unspecified atom stereocenters. The molecule has 0 spiro atoms. The Hall–Kier alpha value is -1.79. The summed E-state index contributed by atoms with van der Waals surface area (Å²) >= 11 is 6.24. The molecule has 0 saturated carbocycles. The van der Waals surface area contributed by atoms with Gasteiger partial charge in [0.2, 0.25) is 0 Å². The van der Waals surface area contributed by atoms with Gasteiger partial charge < -0.3 is 9.31 Å². The molecule has 1 saturated heterocycles. The number of aryl methyl sites for hydroxylation is 1. The van der Waals surface area contributed by atoms with Gasteiger partial charge in [-0.25, -0.2) is 0 Å². The second-order valence-electron chi connectivity index (χ2n) is 5.45. The molecule has 0 aromatic heterocycles. The number of carbonyl (C=O) groups is 2. The minimum atomic E-state index is -1.01. The molecule has 1 aliphatic rings. The molecule has 1 fully saturated rings. The lowest BCUT2D eigenvalue weighted by Crippen LogP contribution is -2.41. The number of hydrogen-bond donors (Lipinski definition) is 0. The summed E-state index contributed by atoms with van der Waals surface area (Å²) < 4.78 is 10.2. The topological polar surface area (TPSA) is 55.8 Å². The van der Waals surface area contributed by atoms with E-state index in [1.165, 1.54) is 16.4 Å². The van der Waals surface area contributed by atoms with Crippen LogP contribution in [0.4, 0.5) is 0 Å². The zero-order valence-electron chi connectivity index (χ0n) is 13.0. The quantitative estimate of drug-likeness (QED) is 0.607. The van der Waals surface area contributed by atoms with Crippen LogP contribution in [0.5, 0.6) is 0 Å². The lowest BCUT2D eigenvalue weighted by atomic mass is 9.88. The molecular weight excluding hydrogens is 316 g/mol. The minimum absolute atomic E-state index is 0.0533. The highest BCUT2D eigenvalue weighted by molar-refractivity contribution is 6.54. The van der Waals surface area contributed by atoms with Gasteiger partial charge in [-0.2, -0.15) is 0 Å². The smallest absolute Gasteiger partial charge is 0.495 e. The van der Waals surface area contributed by atoms with Gasteiger partial charge >= 0.3 is 19.1 Å². The molecule has 0 bridgehead atoms. The third-order valence-electron chi connectivity index (χ3n) is 3.32. The summed E-state index contributed by atoms with van der Waals surface area (Å²) in [5.74, 6) is 0.638. The van der Waals surface area contributed by atoms with E-state index in [0.29, 0.717) is 0 Å². The summed E-state index contributed by atoms with van der Waals surface area (Å²) in [4.78, 5) is 24.7. The van der Waals surface area contributed by atoms with Crippen molar-refractivity contribution >= 4 is 30.7 Å². The molecule has 1 aromatic rings. The predicted molar refractivity (Wildman–Crippen MR) is 89.0 cm³/mol. The van der Waals surface area contributed by atoms with Crippen LogP contribution in [0.15, 0.2) is 42.4 Å². The molecule has 1 heterocycles. The Morgan fingerprint density at radius 2 is 1.83 bits per heavy atom. The Balaban J connectivity index is 1.84. The Morgan fingerprint density at radius 1 is 1.22 bits per heavy atom. The zero-order valence-corrected chi connectivity index (χ0v) is 13.7. The molecule has 0 amide bonds. The molecule has 1 atom stereocenters. The molecule has 2 rings (SSSR count). The molecule has 1 aliphatic heterocycles. The van der Waals surface area contributed by atoms with E-state index < -0.39 is 19.1 Å². The van der Waals surface area contributed by atoms with Crippen molar-refractivity contribution in [2.45, 2.75) is 18.2 Å². The maximum absolute atomic E-state index is 11.6. The Bertz CT molecular complexity index is 546. The summed E-state index contributed by atoms with van der Waals surface area (Å²) in [6.45, 7) is 0.107. The first kappa shape index (κ1) is 17.6. The maximum atomic E-state index is 11.6. The number of nitrogens with zero attached hydrogens (tertiary/aromatic N) is 1. The number of benzene rings is 1. The largest absolute Gasteiger partial charge is 0.628 e. The molecular formula is C16H19BClNO4. The summed E-state index contributed by atoms with van der Waals surface area (Å²) in [6.07, 6.45) is 3.27. The Labute approximate surface area is 141 Å². The van der Waals surface area contributed by atoms with Gasteiger partial charge in [0.25, 0.3) is 0 Å². The third-order valence-corrected chi connectivity index (χ3v) is 3.69. The van der Waals surface area contributed by atoms with Gasteiger partial charge in [-0.15, -0.1) is 11.6 Å². The molecule has 0 aliphatic carbocycles. The molecule has 1 aromatic carbocycles. The van der Waals surface area contributed by atoms with Crippen LogP contribution >= 0.6 is 11.6 Å². The highest BCUT2D eigenvalue weighted by Gasteiger charge is 2.29. The van der Waals surface area contributed by atoms with Gasteiger partial charge in [-0.3, -0.25) is 14.5 Å². The van der Waals surface area contributed by atoms with Crippen LogP contribution in [0, 0.1) is 0 Å². The van der Waals surface area contributed by atoms with Crippen LogP contribution in [0.3, 0.4) is 0 Å². The number of halogens is 1. The summed E-state index contributed by atoms with van der Waals surface area (Å²) in [5, 5.41) is -0.235. The first-order valence-corrected chi connectivity index (χ1v) is 7.90. The second-order valence-corrected chi connectivity index (χ2v) is 6.01. The van der Waals surface area contributed by atoms with Gasteiger partial charge in [0.05, 0.1) is 18.5 Å². The Kier molecular flexibility index (Phi) is 6.68. The van der Waals surface area contributed by atoms with E-state index >= 15 is 0 Å². The SMILES string of the molecule is CN1CC(=O)OB(/C=C/[C@@H](Cl)CCc2ccccc2)OC(=O)C1. The van der Waals surface area contributed by atoms with Gasteiger partial charge in [0.15, 0.2) is 0 Å². The number of hydrogen-bond acceptors (Lipinski definition) is 5. The van der Waals surface area contributed by atoms with Crippen LogP contribution in [0.2, 0.25) is 0 Å². The first-order valence-electron chi connectivity index (χ1n) is 7.47. The standard InChI is InChI=1S/C16H19BClNO4/c1-19-11-15(20)22-17(23-16(21)12-19)10-9-14(18)8-7-13-5-3-2-4-6-13/h2-6,9-10,14H,7-8,11-12H2,1H3/b10-9+/t14-/m0/s1. The van der Waals surface area contributed by atoms with Gasteiger partial charge in [-0.05, 0) is 31.4 Å². The van der Waals surface area contributed by atoms with Crippen molar-refractivity contribution in [3.8, 4) is 0 Å². The fourth-order valence-electron chi connectivity index (χ4n) is 2.19. The van der Waals surface area contributed by atoms with Crippen LogP contribution in [0.25, 0.3) is 0 Å². The summed E-state index contributed by atoms with van der Waals surface area (Å²) in [6, 6.07) is 10.0. The highest BCUT2D eigenvalue weighted by atomic mass is 35.5. The molecule has 122 valence electrons. The number of likely N-dealkylation sites (N-methyl/N-ethyl adjacent to an activating group) is 1. The second kappa shape index (κ2) is 8.74. The number of carbonyl (C=O) groups excluding carboxylic acids is 2. The monoisotopic (exact) mass is 335 g/mol. The molecule has 0 N–H and O–H groups in total. The average molecular weight is 336 g/mol. The van der Waals surface area contributed by atoms with E-state index in [4.69, 9.17) is 20.9 Å². The van der Waals surface area contributed by atoms with E-state index in [1.54, 1.807) is 13.1 Å². The lowest BCUT2D eigenvalue weighted by Gasteiger charge is -2.21. The molecule has 7 heteroatoms. The van der Waals surface area contributed by atoms with Gasteiger partial charge in [0.1, 0.15) is 0 Å². The maximum Gasteiger partial charge on any atom is 0.628 e. The predicted octanol–water partition coefficient (Wildman–Crippen LogP) is 1.84. The van der Waals surface area contributed by atoms with Crippen molar-refractivity contribution in [3.05, 3.63) is 47.9 Å². The number of rotatable bonds is 5. The third kappa shape index (κ3) is 6.46. The molecule has 0 radical (unpaired) electrons. The van der Waals surface area contributed by atoms with Gasteiger partial charge in [0, 0.05) is 0 Å². The minimum Gasteiger partial charge on any atom is -0.495 e. The van der Waals surface area contributed by atoms with Crippen LogP contribution in [-0.2, 0) is 25.3 Å². The summed E-state index contributed by atoms with van der Waals surface area (Å²) in [5.41, 5.74) is 1.21. The number of allylic oxidation sites excluding steroid dienone is 1. The fraction of sp³-hybridized carbons (Fsp3) is 0.375. The van der Waals surface area contributed by atoms with Gasteiger partial charge in [-0.1, -0.05) is 36.4 Å². The molecule has 5 nitrogen and oxygen atoms in total. The van der Waals surface area contributed by atoms with Crippen LogP contribution < -0.4 is 0 Å². The zero-order chi connectivity index (χ0) is 16.7. The fourth-order valence-corrected chi connectivity index (χ4v) is 2.38.